The van der Waals surface area contributed by atoms with Gasteiger partial charge in [0.05, 0.1) is 12.6 Å². The van der Waals surface area contributed by atoms with Gasteiger partial charge in [-0.25, -0.2) is 4.79 Å². The van der Waals surface area contributed by atoms with Crippen LogP contribution in [0, 0.1) is 0 Å². The Morgan fingerprint density at radius 1 is 1.20 bits per heavy atom. The average molecular weight is 354 g/mol. The molecule has 2 saturated heterocycles. The quantitative estimate of drug-likeness (QED) is 0.777. The van der Waals surface area contributed by atoms with Gasteiger partial charge in [-0.2, -0.15) is 0 Å². The standard InChI is InChI=1S/C18H34N4O3/c1-13(20-14-7-10-21(11-8-14)12-16(19)23)15-6-5-9-22(15)17(24)25-18(2,3)4/h13-15,20H,5-12H2,1-4H3,(H2,19,23)/t13-,15+/m0/s1. The van der Waals surface area contributed by atoms with Gasteiger partial charge in [-0.15, -0.1) is 0 Å². The van der Waals surface area contributed by atoms with Gasteiger partial charge in [0.15, 0.2) is 0 Å². The Hall–Kier alpha value is -1.34. The van der Waals surface area contributed by atoms with E-state index >= 15 is 0 Å². The fraction of sp³-hybridized carbons (Fsp3) is 0.889. The summed E-state index contributed by atoms with van der Waals surface area (Å²) in [6.45, 7) is 10.7. The van der Waals surface area contributed by atoms with Crippen LogP contribution in [0.2, 0.25) is 0 Å². The SMILES string of the molecule is C[C@H](NC1CCN(CC(N)=O)CC1)[C@H]1CCCN1C(=O)OC(C)(C)C. The molecule has 0 bridgehead atoms. The highest BCUT2D eigenvalue weighted by molar-refractivity contribution is 5.75. The number of ether oxygens (including phenoxy) is 1. The first kappa shape index (κ1) is 20.0. The molecule has 2 aliphatic rings. The molecular formula is C18H34N4O3. The Bertz CT molecular complexity index is 469. The number of likely N-dealkylation sites (tertiary alicyclic amines) is 2. The molecule has 0 aromatic heterocycles. The minimum Gasteiger partial charge on any atom is -0.444 e. The zero-order valence-corrected chi connectivity index (χ0v) is 16.1. The molecule has 2 rings (SSSR count). The molecule has 7 nitrogen and oxygen atoms in total. The van der Waals surface area contributed by atoms with Gasteiger partial charge in [0.1, 0.15) is 5.60 Å². The highest BCUT2D eigenvalue weighted by Gasteiger charge is 2.36. The van der Waals surface area contributed by atoms with Crippen molar-refractivity contribution in [2.24, 2.45) is 5.73 Å². The molecule has 7 heteroatoms. The van der Waals surface area contributed by atoms with Crippen molar-refractivity contribution in [1.29, 1.82) is 0 Å². The Kier molecular flexibility index (Phi) is 6.68. The lowest BCUT2D eigenvalue weighted by Gasteiger charge is -2.37. The molecule has 0 unspecified atom stereocenters. The summed E-state index contributed by atoms with van der Waals surface area (Å²) < 4.78 is 5.55. The lowest BCUT2D eigenvalue weighted by Crippen LogP contribution is -2.53. The highest BCUT2D eigenvalue weighted by Crippen LogP contribution is 2.24. The fourth-order valence-electron chi connectivity index (χ4n) is 3.82. The summed E-state index contributed by atoms with van der Waals surface area (Å²) in [5.41, 5.74) is 4.80. The summed E-state index contributed by atoms with van der Waals surface area (Å²) >= 11 is 0. The second kappa shape index (κ2) is 8.36. The number of nitrogens with zero attached hydrogens (tertiary/aromatic N) is 2. The van der Waals surface area contributed by atoms with Crippen LogP contribution in [0.4, 0.5) is 4.79 Å². The summed E-state index contributed by atoms with van der Waals surface area (Å²) in [4.78, 5) is 27.4. The van der Waals surface area contributed by atoms with Crippen LogP contribution in [0.1, 0.15) is 53.4 Å². The maximum Gasteiger partial charge on any atom is 0.410 e. The first-order chi connectivity index (χ1) is 11.7. The zero-order chi connectivity index (χ0) is 18.6. The molecule has 2 aliphatic heterocycles. The number of piperidine rings is 1. The summed E-state index contributed by atoms with van der Waals surface area (Å²) in [6.07, 6.45) is 3.81. The Balaban J connectivity index is 1.82. The molecule has 2 amide bonds. The number of nitrogens with two attached hydrogens (primary N) is 1. The molecule has 2 atom stereocenters. The lowest BCUT2D eigenvalue weighted by molar-refractivity contribution is -0.119. The number of amides is 2. The van der Waals surface area contributed by atoms with Crippen LogP contribution in [-0.2, 0) is 9.53 Å². The molecule has 144 valence electrons. The van der Waals surface area contributed by atoms with Crippen molar-refractivity contribution >= 4 is 12.0 Å². The van der Waals surface area contributed by atoms with Crippen molar-refractivity contribution < 1.29 is 14.3 Å². The number of hydrogen-bond donors (Lipinski definition) is 2. The number of hydrogen-bond acceptors (Lipinski definition) is 5. The van der Waals surface area contributed by atoms with E-state index in [0.29, 0.717) is 12.6 Å². The van der Waals surface area contributed by atoms with Crippen molar-refractivity contribution in [1.82, 2.24) is 15.1 Å². The van der Waals surface area contributed by atoms with Gasteiger partial charge in [-0.05, 0) is 53.4 Å². The van der Waals surface area contributed by atoms with Gasteiger partial charge >= 0.3 is 6.09 Å². The second-order valence-electron chi connectivity index (χ2n) is 8.36. The van der Waals surface area contributed by atoms with Crippen LogP contribution in [0.15, 0.2) is 0 Å². The van der Waals surface area contributed by atoms with Crippen LogP contribution in [-0.4, -0.2) is 71.7 Å². The molecule has 25 heavy (non-hydrogen) atoms. The molecule has 0 aromatic rings. The van der Waals surface area contributed by atoms with Gasteiger partial charge in [-0.3, -0.25) is 9.69 Å². The molecule has 0 saturated carbocycles. The predicted octanol–water partition coefficient (Wildman–Crippen LogP) is 1.31. The molecule has 3 N–H and O–H groups in total. The normalized spacial score (nSPS) is 24.3. The van der Waals surface area contributed by atoms with Gasteiger partial charge in [0.25, 0.3) is 0 Å². The number of carbonyl (C=O) groups is 2. The predicted molar refractivity (Wildman–Crippen MR) is 97.2 cm³/mol. The second-order valence-corrected chi connectivity index (χ2v) is 8.36. The molecule has 2 fully saturated rings. The topological polar surface area (TPSA) is 87.9 Å². The number of rotatable bonds is 5. The van der Waals surface area contributed by atoms with E-state index in [0.717, 1.165) is 45.3 Å². The van der Waals surface area contributed by atoms with Crippen molar-refractivity contribution in [2.75, 3.05) is 26.2 Å². The zero-order valence-electron chi connectivity index (χ0n) is 16.1. The van der Waals surface area contributed by atoms with E-state index in [1.807, 2.05) is 25.7 Å². The van der Waals surface area contributed by atoms with Crippen LogP contribution in [0.5, 0.6) is 0 Å². The lowest BCUT2D eigenvalue weighted by atomic mass is 10.0. The third-order valence-electron chi connectivity index (χ3n) is 4.97. The number of nitrogens with one attached hydrogen (secondary N) is 1. The maximum atomic E-state index is 12.4. The minimum absolute atomic E-state index is 0.179. The van der Waals surface area contributed by atoms with Crippen molar-refractivity contribution in [3.63, 3.8) is 0 Å². The maximum absolute atomic E-state index is 12.4. The molecule has 0 radical (unpaired) electrons. The van der Waals surface area contributed by atoms with E-state index in [1.165, 1.54) is 0 Å². The van der Waals surface area contributed by atoms with Crippen molar-refractivity contribution in [3.8, 4) is 0 Å². The Morgan fingerprint density at radius 2 is 1.84 bits per heavy atom. The summed E-state index contributed by atoms with van der Waals surface area (Å²) in [7, 11) is 0. The smallest absolute Gasteiger partial charge is 0.410 e. The van der Waals surface area contributed by atoms with Gasteiger partial charge in [-0.1, -0.05) is 0 Å². The van der Waals surface area contributed by atoms with Gasteiger partial charge in [0, 0.05) is 31.7 Å². The monoisotopic (exact) mass is 354 g/mol. The molecule has 2 heterocycles. The summed E-state index contributed by atoms with van der Waals surface area (Å²) in [6, 6.07) is 0.821. The summed E-state index contributed by atoms with van der Waals surface area (Å²) in [5, 5.41) is 3.69. The third-order valence-corrected chi connectivity index (χ3v) is 4.97. The Morgan fingerprint density at radius 3 is 2.40 bits per heavy atom. The largest absolute Gasteiger partial charge is 0.444 e. The fourth-order valence-corrected chi connectivity index (χ4v) is 3.82. The van der Waals surface area contributed by atoms with Gasteiger partial charge in [0.2, 0.25) is 5.91 Å². The minimum atomic E-state index is -0.464. The molecular weight excluding hydrogens is 320 g/mol. The van der Waals surface area contributed by atoms with E-state index < -0.39 is 5.60 Å². The first-order valence-electron chi connectivity index (χ1n) is 9.42. The van der Waals surface area contributed by atoms with Crippen LogP contribution < -0.4 is 11.1 Å². The molecule has 0 spiro atoms. The van der Waals surface area contributed by atoms with Crippen molar-refractivity contribution in [3.05, 3.63) is 0 Å². The van der Waals surface area contributed by atoms with Crippen LogP contribution in [0.3, 0.4) is 0 Å². The number of primary amides is 1. The summed E-state index contributed by atoms with van der Waals surface area (Å²) in [5.74, 6) is -0.265. The van der Waals surface area contributed by atoms with Crippen LogP contribution in [0.25, 0.3) is 0 Å². The van der Waals surface area contributed by atoms with E-state index in [-0.39, 0.29) is 24.1 Å². The van der Waals surface area contributed by atoms with E-state index in [9.17, 15) is 9.59 Å². The van der Waals surface area contributed by atoms with E-state index in [2.05, 4.69) is 17.1 Å². The third kappa shape index (κ3) is 6.15. The van der Waals surface area contributed by atoms with Crippen LogP contribution >= 0.6 is 0 Å². The first-order valence-corrected chi connectivity index (χ1v) is 9.42. The van der Waals surface area contributed by atoms with Gasteiger partial charge < -0.3 is 20.7 Å². The molecule has 0 aliphatic carbocycles. The molecule has 0 aromatic carbocycles. The van der Waals surface area contributed by atoms with Crippen molar-refractivity contribution in [2.45, 2.75) is 77.1 Å². The van der Waals surface area contributed by atoms with E-state index in [1.54, 1.807) is 0 Å². The highest BCUT2D eigenvalue weighted by atomic mass is 16.6. The average Bonchev–Trinajstić information content (AvgIpc) is 2.96. The Labute approximate surface area is 151 Å². The number of carbonyl (C=O) groups excluding carboxylic acids is 2. The van der Waals surface area contributed by atoms with E-state index in [4.69, 9.17) is 10.5 Å².